The number of hydrogen-bond donors (Lipinski definition) is 2. The van der Waals surface area contributed by atoms with Gasteiger partial charge in [-0.2, -0.15) is 0 Å². The Balaban J connectivity index is 1.85. The summed E-state index contributed by atoms with van der Waals surface area (Å²) in [6, 6.07) is 11.1. The summed E-state index contributed by atoms with van der Waals surface area (Å²) in [6.45, 7) is 1.78. The number of benzene rings is 2. The maximum atomic E-state index is 12.5. The third kappa shape index (κ3) is 3.88. The number of carbonyl (C=O) groups excluding carboxylic acids is 1. The first kappa shape index (κ1) is 16.8. The van der Waals surface area contributed by atoms with Crippen LogP contribution in [0.4, 0.5) is 5.69 Å². The minimum atomic E-state index is -3.75. The molecule has 1 fully saturated rings. The van der Waals surface area contributed by atoms with Gasteiger partial charge in [-0.05, 0) is 61.7 Å². The van der Waals surface area contributed by atoms with Gasteiger partial charge in [0.1, 0.15) is 0 Å². The number of halogens is 1. The predicted molar refractivity (Wildman–Crippen MR) is 93.9 cm³/mol. The van der Waals surface area contributed by atoms with Crippen LogP contribution >= 0.6 is 11.6 Å². The molecule has 1 saturated carbocycles. The molecule has 0 unspecified atom stereocenters. The van der Waals surface area contributed by atoms with Crippen LogP contribution in [0.5, 0.6) is 0 Å². The van der Waals surface area contributed by atoms with Crippen molar-refractivity contribution in [2.45, 2.75) is 30.7 Å². The molecule has 0 heterocycles. The molecule has 3 rings (SSSR count). The Labute approximate surface area is 146 Å². The predicted octanol–water partition coefficient (Wildman–Crippen LogP) is 3.34. The van der Waals surface area contributed by atoms with Crippen molar-refractivity contribution in [2.24, 2.45) is 0 Å². The second-order valence-electron chi connectivity index (χ2n) is 5.84. The molecule has 126 valence electrons. The highest BCUT2D eigenvalue weighted by atomic mass is 35.5. The first-order valence-corrected chi connectivity index (χ1v) is 9.41. The summed E-state index contributed by atoms with van der Waals surface area (Å²) in [4.78, 5) is 12.2. The SMILES string of the molecule is Cc1ccc(C(=O)NC2CC2)cc1NS(=O)(=O)c1ccc(Cl)cc1. The van der Waals surface area contributed by atoms with Gasteiger partial charge < -0.3 is 5.32 Å². The number of rotatable bonds is 5. The Bertz CT molecular complexity index is 875. The van der Waals surface area contributed by atoms with Gasteiger partial charge in [0.05, 0.1) is 10.6 Å². The monoisotopic (exact) mass is 364 g/mol. The molecule has 0 saturated heterocycles. The average molecular weight is 365 g/mol. The smallest absolute Gasteiger partial charge is 0.261 e. The highest BCUT2D eigenvalue weighted by Crippen LogP contribution is 2.24. The van der Waals surface area contributed by atoms with E-state index in [1.165, 1.54) is 24.3 Å². The molecular weight excluding hydrogens is 348 g/mol. The van der Waals surface area contributed by atoms with E-state index >= 15 is 0 Å². The Hall–Kier alpha value is -2.05. The van der Waals surface area contributed by atoms with Crippen molar-refractivity contribution >= 4 is 33.2 Å². The summed E-state index contributed by atoms with van der Waals surface area (Å²) in [5, 5.41) is 3.35. The Morgan fingerprint density at radius 2 is 1.79 bits per heavy atom. The topological polar surface area (TPSA) is 75.3 Å². The molecule has 0 aliphatic heterocycles. The fourth-order valence-electron chi connectivity index (χ4n) is 2.19. The number of anilines is 1. The van der Waals surface area contributed by atoms with Crippen LogP contribution in [0, 0.1) is 6.92 Å². The molecule has 2 N–H and O–H groups in total. The molecule has 2 aromatic rings. The zero-order valence-corrected chi connectivity index (χ0v) is 14.6. The van der Waals surface area contributed by atoms with Crippen LogP contribution in [-0.2, 0) is 10.0 Å². The zero-order chi connectivity index (χ0) is 17.3. The van der Waals surface area contributed by atoms with E-state index in [9.17, 15) is 13.2 Å². The first-order valence-electron chi connectivity index (χ1n) is 7.55. The van der Waals surface area contributed by atoms with Gasteiger partial charge in [-0.3, -0.25) is 9.52 Å². The van der Waals surface area contributed by atoms with Crippen molar-refractivity contribution in [3.63, 3.8) is 0 Å². The molecule has 0 aromatic heterocycles. The molecule has 5 nitrogen and oxygen atoms in total. The van der Waals surface area contributed by atoms with Crippen molar-refractivity contribution in [2.75, 3.05) is 4.72 Å². The van der Waals surface area contributed by atoms with Crippen LogP contribution in [0.3, 0.4) is 0 Å². The minimum Gasteiger partial charge on any atom is -0.349 e. The number of hydrogen-bond acceptors (Lipinski definition) is 3. The summed E-state index contributed by atoms with van der Waals surface area (Å²) < 4.78 is 27.5. The van der Waals surface area contributed by atoms with Gasteiger partial charge in [-0.25, -0.2) is 8.42 Å². The second kappa shape index (κ2) is 6.45. The third-order valence-corrected chi connectivity index (χ3v) is 5.41. The maximum absolute atomic E-state index is 12.5. The van der Waals surface area contributed by atoms with Crippen LogP contribution < -0.4 is 10.0 Å². The fraction of sp³-hybridized carbons (Fsp3) is 0.235. The van der Waals surface area contributed by atoms with Crippen molar-refractivity contribution in [3.8, 4) is 0 Å². The molecule has 7 heteroatoms. The van der Waals surface area contributed by atoms with Gasteiger partial charge in [0.2, 0.25) is 0 Å². The summed E-state index contributed by atoms with van der Waals surface area (Å²) in [5.74, 6) is -0.190. The number of amides is 1. The number of nitrogens with one attached hydrogen (secondary N) is 2. The van der Waals surface area contributed by atoms with Crippen molar-refractivity contribution in [3.05, 3.63) is 58.6 Å². The molecule has 1 aliphatic rings. The average Bonchev–Trinajstić information content (AvgIpc) is 3.33. The van der Waals surface area contributed by atoms with Gasteiger partial charge in [0.15, 0.2) is 0 Å². The number of carbonyl (C=O) groups is 1. The third-order valence-electron chi connectivity index (χ3n) is 3.78. The number of aryl methyl sites for hydroxylation is 1. The van der Waals surface area contributed by atoms with E-state index < -0.39 is 10.0 Å². The quantitative estimate of drug-likeness (QED) is 0.854. The van der Waals surface area contributed by atoms with Crippen LogP contribution in [0.1, 0.15) is 28.8 Å². The molecule has 0 spiro atoms. The van der Waals surface area contributed by atoms with Gasteiger partial charge in [-0.1, -0.05) is 17.7 Å². The van der Waals surface area contributed by atoms with E-state index in [1.54, 1.807) is 25.1 Å². The van der Waals surface area contributed by atoms with Gasteiger partial charge in [0, 0.05) is 16.6 Å². The summed E-state index contributed by atoms with van der Waals surface area (Å²) >= 11 is 5.79. The molecule has 1 aliphatic carbocycles. The lowest BCUT2D eigenvalue weighted by Crippen LogP contribution is -2.25. The lowest BCUT2D eigenvalue weighted by atomic mass is 10.1. The Morgan fingerprint density at radius 1 is 1.12 bits per heavy atom. The van der Waals surface area contributed by atoms with Crippen molar-refractivity contribution in [1.82, 2.24) is 5.32 Å². The van der Waals surface area contributed by atoms with E-state index in [4.69, 9.17) is 11.6 Å². The van der Waals surface area contributed by atoms with Crippen LogP contribution in [0.25, 0.3) is 0 Å². The van der Waals surface area contributed by atoms with Gasteiger partial charge >= 0.3 is 0 Å². The Kier molecular flexibility index (Phi) is 4.51. The first-order chi connectivity index (χ1) is 11.3. The molecule has 1 amide bonds. The van der Waals surface area contributed by atoms with Gasteiger partial charge in [0.25, 0.3) is 15.9 Å². The van der Waals surface area contributed by atoms with E-state index in [0.717, 1.165) is 18.4 Å². The van der Waals surface area contributed by atoms with E-state index in [1.807, 2.05) is 0 Å². The number of sulfonamides is 1. The molecule has 24 heavy (non-hydrogen) atoms. The fourth-order valence-corrected chi connectivity index (χ4v) is 3.43. The molecular formula is C17H17ClN2O3S. The van der Waals surface area contributed by atoms with Crippen molar-refractivity contribution in [1.29, 1.82) is 0 Å². The lowest BCUT2D eigenvalue weighted by molar-refractivity contribution is 0.0951. The van der Waals surface area contributed by atoms with Crippen LogP contribution in [-0.4, -0.2) is 20.4 Å². The zero-order valence-electron chi connectivity index (χ0n) is 13.0. The maximum Gasteiger partial charge on any atom is 0.261 e. The van der Waals surface area contributed by atoms with Gasteiger partial charge in [-0.15, -0.1) is 0 Å². The summed E-state index contributed by atoms with van der Waals surface area (Å²) in [5.41, 5.74) is 1.55. The van der Waals surface area contributed by atoms with Crippen LogP contribution in [0.15, 0.2) is 47.4 Å². The highest BCUT2D eigenvalue weighted by Gasteiger charge is 2.24. The highest BCUT2D eigenvalue weighted by molar-refractivity contribution is 7.92. The summed E-state index contributed by atoms with van der Waals surface area (Å²) in [7, 11) is -3.75. The van der Waals surface area contributed by atoms with Crippen molar-refractivity contribution < 1.29 is 13.2 Å². The van der Waals surface area contributed by atoms with E-state index in [-0.39, 0.29) is 16.8 Å². The molecule has 0 radical (unpaired) electrons. The van der Waals surface area contributed by atoms with Crippen LogP contribution in [0.2, 0.25) is 5.02 Å². The van der Waals surface area contributed by atoms with E-state index in [0.29, 0.717) is 16.3 Å². The lowest BCUT2D eigenvalue weighted by Gasteiger charge is -2.12. The summed E-state index contributed by atoms with van der Waals surface area (Å²) in [6.07, 6.45) is 1.99. The molecule has 2 aromatic carbocycles. The molecule has 0 atom stereocenters. The normalized spacial score (nSPS) is 14.2. The second-order valence-corrected chi connectivity index (χ2v) is 7.96. The van der Waals surface area contributed by atoms with E-state index in [2.05, 4.69) is 10.0 Å². The minimum absolute atomic E-state index is 0.110. The Morgan fingerprint density at radius 3 is 2.42 bits per heavy atom. The standard InChI is InChI=1S/C17H17ClN2O3S/c1-11-2-3-12(17(21)19-14-6-7-14)10-16(11)20-24(22,23)15-8-4-13(18)5-9-15/h2-5,8-10,14,20H,6-7H2,1H3,(H,19,21). The largest absolute Gasteiger partial charge is 0.349 e. The molecule has 0 bridgehead atoms.